The molecule has 92 valence electrons. The third kappa shape index (κ3) is 2.08. The molecule has 0 unspecified atom stereocenters. The molecule has 0 saturated carbocycles. The number of para-hydroxylation sites is 1. The molecule has 0 fully saturated rings. The Balaban J connectivity index is 2.47. The smallest absolute Gasteiger partial charge is 0.224 e. The van der Waals surface area contributed by atoms with Crippen LogP contribution in [-0.2, 0) is 11.2 Å². The Bertz CT molecular complexity index is 413. The van der Waals surface area contributed by atoms with E-state index < -0.39 is 0 Å². The van der Waals surface area contributed by atoms with Crippen LogP contribution in [0.25, 0.3) is 0 Å². The van der Waals surface area contributed by atoms with Crippen molar-refractivity contribution < 1.29 is 4.79 Å². The first-order valence-electron chi connectivity index (χ1n) is 6.56. The molecule has 0 N–H and O–H groups in total. The van der Waals surface area contributed by atoms with Crippen molar-refractivity contribution in [2.45, 2.75) is 46.1 Å². The van der Waals surface area contributed by atoms with Gasteiger partial charge in [0.1, 0.15) is 0 Å². The van der Waals surface area contributed by atoms with Gasteiger partial charge in [0.2, 0.25) is 5.91 Å². The first-order valence-corrected chi connectivity index (χ1v) is 6.56. The molecule has 1 heterocycles. The predicted octanol–water partition coefficient (Wildman–Crippen LogP) is 3.40. The van der Waals surface area contributed by atoms with E-state index >= 15 is 0 Å². The van der Waals surface area contributed by atoms with E-state index in [1.165, 1.54) is 5.56 Å². The summed E-state index contributed by atoms with van der Waals surface area (Å²) in [6, 6.07) is 8.68. The fourth-order valence-corrected chi connectivity index (χ4v) is 3.06. The third-order valence-corrected chi connectivity index (χ3v) is 3.89. The van der Waals surface area contributed by atoms with Crippen molar-refractivity contribution in [3.63, 3.8) is 0 Å². The standard InChI is InChI=1S/C15H21NO/c1-4-12-10-13-8-6-7-9-15(13)16(11(3)17)14(12)5-2/h6-9,12,14H,4-5,10H2,1-3H3/t12-,14+/m1/s1. The van der Waals surface area contributed by atoms with Crippen LogP contribution >= 0.6 is 0 Å². The maximum absolute atomic E-state index is 11.9. The minimum Gasteiger partial charge on any atom is -0.309 e. The lowest BCUT2D eigenvalue weighted by Gasteiger charge is -2.41. The van der Waals surface area contributed by atoms with Crippen molar-refractivity contribution in [3.8, 4) is 0 Å². The number of amides is 1. The van der Waals surface area contributed by atoms with Crippen LogP contribution in [-0.4, -0.2) is 11.9 Å². The normalized spacial score (nSPS) is 23.4. The van der Waals surface area contributed by atoms with E-state index in [9.17, 15) is 4.79 Å². The van der Waals surface area contributed by atoms with Crippen LogP contribution in [0.2, 0.25) is 0 Å². The number of carbonyl (C=O) groups excluding carboxylic acids is 1. The maximum Gasteiger partial charge on any atom is 0.224 e. The molecule has 0 radical (unpaired) electrons. The van der Waals surface area contributed by atoms with Crippen molar-refractivity contribution in [2.75, 3.05) is 4.90 Å². The lowest BCUT2D eigenvalue weighted by atomic mass is 9.82. The van der Waals surface area contributed by atoms with Crippen molar-refractivity contribution in [1.82, 2.24) is 0 Å². The Labute approximate surface area is 104 Å². The molecule has 2 nitrogen and oxygen atoms in total. The first-order chi connectivity index (χ1) is 8.19. The predicted molar refractivity (Wildman–Crippen MR) is 71.2 cm³/mol. The SMILES string of the molecule is CC[C@@H]1Cc2ccccc2N(C(C)=O)[C@H]1CC. The topological polar surface area (TPSA) is 20.3 Å². The fraction of sp³-hybridized carbons (Fsp3) is 0.533. The van der Waals surface area contributed by atoms with Gasteiger partial charge in [0.25, 0.3) is 0 Å². The molecule has 2 rings (SSSR count). The summed E-state index contributed by atoms with van der Waals surface area (Å²) in [5.41, 5.74) is 2.44. The Kier molecular flexibility index (Phi) is 3.51. The molecule has 1 aliphatic heterocycles. The van der Waals surface area contributed by atoms with E-state index in [1.54, 1.807) is 6.92 Å². The van der Waals surface area contributed by atoms with Gasteiger partial charge in [-0.3, -0.25) is 4.79 Å². The summed E-state index contributed by atoms with van der Waals surface area (Å²) in [5, 5.41) is 0. The molecule has 2 heteroatoms. The van der Waals surface area contributed by atoms with Crippen molar-refractivity contribution in [1.29, 1.82) is 0 Å². The molecule has 0 aromatic heterocycles. The third-order valence-electron chi connectivity index (χ3n) is 3.89. The zero-order valence-corrected chi connectivity index (χ0v) is 10.9. The Morgan fingerprint density at radius 2 is 2.00 bits per heavy atom. The maximum atomic E-state index is 11.9. The summed E-state index contributed by atoms with van der Waals surface area (Å²) in [4.78, 5) is 13.9. The molecule has 1 aromatic carbocycles. The molecule has 1 aromatic rings. The quantitative estimate of drug-likeness (QED) is 0.764. The van der Waals surface area contributed by atoms with E-state index in [-0.39, 0.29) is 5.91 Å². The molecular weight excluding hydrogens is 210 g/mol. The van der Waals surface area contributed by atoms with Crippen LogP contribution in [0, 0.1) is 5.92 Å². The van der Waals surface area contributed by atoms with Gasteiger partial charge in [-0.1, -0.05) is 38.5 Å². The molecule has 0 spiro atoms. The Hall–Kier alpha value is -1.31. The molecule has 0 saturated heterocycles. The van der Waals surface area contributed by atoms with Gasteiger partial charge < -0.3 is 4.90 Å². The van der Waals surface area contributed by atoms with Gasteiger partial charge in [-0.15, -0.1) is 0 Å². The van der Waals surface area contributed by atoms with Crippen LogP contribution in [0.1, 0.15) is 39.2 Å². The van der Waals surface area contributed by atoms with E-state index in [4.69, 9.17) is 0 Å². The second-order valence-electron chi connectivity index (χ2n) is 4.87. The van der Waals surface area contributed by atoms with Gasteiger partial charge in [0.05, 0.1) is 0 Å². The van der Waals surface area contributed by atoms with Gasteiger partial charge in [0.15, 0.2) is 0 Å². The van der Waals surface area contributed by atoms with Gasteiger partial charge in [-0.05, 0) is 30.4 Å². The minimum atomic E-state index is 0.169. The highest BCUT2D eigenvalue weighted by atomic mass is 16.2. The number of rotatable bonds is 2. The number of nitrogens with zero attached hydrogens (tertiary/aromatic N) is 1. The second-order valence-corrected chi connectivity index (χ2v) is 4.87. The summed E-state index contributed by atoms with van der Waals surface area (Å²) >= 11 is 0. The Morgan fingerprint density at radius 3 is 2.59 bits per heavy atom. The lowest BCUT2D eigenvalue weighted by molar-refractivity contribution is -0.117. The summed E-state index contributed by atoms with van der Waals surface area (Å²) in [7, 11) is 0. The highest BCUT2D eigenvalue weighted by Crippen LogP contribution is 2.36. The van der Waals surface area contributed by atoms with E-state index in [1.807, 2.05) is 11.0 Å². The summed E-state index contributed by atoms with van der Waals surface area (Å²) in [6.45, 7) is 6.08. The summed E-state index contributed by atoms with van der Waals surface area (Å²) in [6.07, 6.45) is 3.28. The highest BCUT2D eigenvalue weighted by Gasteiger charge is 2.33. The summed E-state index contributed by atoms with van der Waals surface area (Å²) < 4.78 is 0. The first kappa shape index (κ1) is 12.2. The average molecular weight is 231 g/mol. The van der Waals surface area contributed by atoms with Crippen LogP contribution < -0.4 is 4.90 Å². The van der Waals surface area contributed by atoms with E-state index in [0.717, 1.165) is 24.9 Å². The highest BCUT2D eigenvalue weighted by molar-refractivity contribution is 5.93. The molecule has 2 atom stereocenters. The van der Waals surface area contributed by atoms with Crippen LogP contribution in [0.4, 0.5) is 5.69 Å². The molecular formula is C15H21NO. The fourth-order valence-electron chi connectivity index (χ4n) is 3.06. The van der Waals surface area contributed by atoms with E-state index in [0.29, 0.717) is 12.0 Å². The zero-order chi connectivity index (χ0) is 12.4. The van der Waals surface area contributed by atoms with Crippen LogP contribution in [0.5, 0.6) is 0 Å². The molecule has 0 aliphatic carbocycles. The molecule has 17 heavy (non-hydrogen) atoms. The largest absolute Gasteiger partial charge is 0.309 e. The number of hydrogen-bond donors (Lipinski definition) is 0. The van der Waals surface area contributed by atoms with Crippen molar-refractivity contribution in [2.24, 2.45) is 5.92 Å². The number of benzene rings is 1. The van der Waals surface area contributed by atoms with E-state index in [2.05, 4.69) is 32.0 Å². The molecule has 0 bridgehead atoms. The van der Waals surface area contributed by atoms with Crippen molar-refractivity contribution in [3.05, 3.63) is 29.8 Å². The van der Waals surface area contributed by atoms with Crippen molar-refractivity contribution >= 4 is 11.6 Å². The zero-order valence-electron chi connectivity index (χ0n) is 10.9. The average Bonchev–Trinajstić information content (AvgIpc) is 2.35. The number of anilines is 1. The second kappa shape index (κ2) is 4.91. The number of carbonyl (C=O) groups is 1. The van der Waals surface area contributed by atoms with Gasteiger partial charge in [-0.25, -0.2) is 0 Å². The number of hydrogen-bond acceptors (Lipinski definition) is 1. The van der Waals surface area contributed by atoms with Gasteiger partial charge >= 0.3 is 0 Å². The summed E-state index contributed by atoms with van der Waals surface area (Å²) in [5.74, 6) is 0.765. The monoisotopic (exact) mass is 231 g/mol. The Morgan fingerprint density at radius 1 is 1.29 bits per heavy atom. The van der Waals surface area contributed by atoms with Gasteiger partial charge in [-0.2, -0.15) is 0 Å². The lowest BCUT2D eigenvalue weighted by Crippen LogP contribution is -2.47. The minimum absolute atomic E-state index is 0.169. The molecule has 1 aliphatic rings. The van der Waals surface area contributed by atoms with Gasteiger partial charge in [0, 0.05) is 18.7 Å². The molecule has 1 amide bonds. The number of fused-ring (bicyclic) bond motifs is 1. The van der Waals surface area contributed by atoms with Crippen LogP contribution in [0.15, 0.2) is 24.3 Å². The van der Waals surface area contributed by atoms with Crippen LogP contribution in [0.3, 0.4) is 0 Å².